The Morgan fingerprint density at radius 1 is 0.935 bits per heavy atom. The molecule has 0 aliphatic carbocycles. The van der Waals surface area contributed by atoms with E-state index in [9.17, 15) is 12.8 Å². The zero-order chi connectivity index (χ0) is 21.8. The summed E-state index contributed by atoms with van der Waals surface area (Å²) >= 11 is 5.89. The topological polar surface area (TPSA) is 72.2 Å². The standard InChI is InChI=1S/C23H18ClFN2O3S/c24-18-8-12-20(13-9-18)31(28,29)23-22(26-15-14-16-4-2-1-3-5-16)30-21(27-23)17-6-10-19(25)11-7-17/h1-13,26H,14-15H2. The quantitative estimate of drug-likeness (QED) is 0.390. The SMILES string of the molecule is O=S(=O)(c1ccc(Cl)cc1)c1nc(-c2ccc(F)cc2)oc1NCCc1ccccc1. The molecule has 0 bridgehead atoms. The lowest BCUT2D eigenvalue weighted by molar-refractivity contribution is 0.576. The highest BCUT2D eigenvalue weighted by Gasteiger charge is 2.28. The maximum atomic E-state index is 13.3. The van der Waals surface area contributed by atoms with Gasteiger partial charge in [-0.25, -0.2) is 12.8 Å². The molecule has 3 aromatic carbocycles. The molecule has 0 saturated carbocycles. The van der Waals surface area contributed by atoms with E-state index in [1.54, 1.807) is 0 Å². The summed E-state index contributed by atoms with van der Waals surface area (Å²) in [6, 6.07) is 21.1. The first-order valence-electron chi connectivity index (χ1n) is 9.49. The monoisotopic (exact) mass is 456 g/mol. The Balaban J connectivity index is 1.69. The fourth-order valence-corrected chi connectivity index (χ4v) is 4.41. The van der Waals surface area contributed by atoms with Gasteiger partial charge in [0.05, 0.1) is 4.90 Å². The largest absolute Gasteiger partial charge is 0.419 e. The van der Waals surface area contributed by atoms with Crippen LogP contribution in [0.25, 0.3) is 11.5 Å². The van der Waals surface area contributed by atoms with Gasteiger partial charge < -0.3 is 9.73 Å². The number of hydrogen-bond donors (Lipinski definition) is 1. The van der Waals surface area contributed by atoms with Crippen LogP contribution in [0.2, 0.25) is 5.02 Å². The normalized spacial score (nSPS) is 11.4. The van der Waals surface area contributed by atoms with Gasteiger partial charge in [0.25, 0.3) is 0 Å². The molecule has 8 heteroatoms. The Kier molecular flexibility index (Phi) is 6.06. The highest BCUT2D eigenvalue weighted by molar-refractivity contribution is 7.91. The number of hydrogen-bond acceptors (Lipinski definition) is 5. The van der Waals surface area contributed by atoms with Gasteiger partial charge in [0.15, 0.2) is 0 Å². The molecule has 158 valence electrons. The van der Waals surface area contributed by atoms with Gasteiger partial charge in [0.1, 0.15) is 5.82 Å². The van der Waals surface area contributed by atoms with Crippen LogP contribution >= 0.6 is 11.6 Å². The molecule has 4 aromatic rings. The average molecular weight is 457 g/mol. The first-order valence-corrected chi connectivity index (χ1v) is 11.3. The van der Waals surface area contributed by atoms with Crippen molar-refractivity contribution in [3.63, 3.8) is 0 Å². The summed E-state index contributed by atoms with van der Waals surface area (Å²) in [5.41, 5.74) is 1.56. The van der Waals surface area contributed by atoms with Gasteiger partial charge in [0, 0.05) is 17.1 Å². The molecular weight excluding hydrogens is 439 g/mol. The first kappa shape index (κ1) is 21.1. The summed E-state index contributed by atoms with van der Waals surface area (Å²) in [7, 11) is -3.98. The molecule has 31 heavy (non-hydrogen) atoms. The number of aromatic nitrogens is 1. The second kappa shape index (κ2) is 8.91. The van der Waals surface area contributed by atoms with Crippen LogP contribution in [-0.2, 0) is 16.3 Å². The fraction of sp³-hybridized carbons (Fsp3) is 0.0870. The van der Waals surface area contributed by atoms with E-state index in [2.05, 4.69) is 10.3 Å². The number of sulfone groups is 1. The van der Waals surface area contributed by atoms with Crippen molar-refractivity contribution in [2.75, 3.05) is 11.9 Å². The molecule has 4 rings (SSSR count). The number of halogens is 2. The number of nitrogens with one attached hydrogen (secondary N) is 1. The molecule has 1 heterocycles. The number of nitrogens with zero attached hydrogens (tertiary/aromatic N) is 1. The molecule has 0 unspecified atom stereocenters. The summed E-state index contributed by atoms with van der Waals surface area (Å²) in [6.07, 6.45) is 0.661. The molecule has 0 atom stereocenters. The van der Waals surface area contributed by atoms with Crippen LogP contribution in [0.3, 0.4) is 0 Å². The molecule has 0 fully saturated rings. The van der Waals surface area contributed by atoms with Gasteiger partial charge in [-0.3, -0.25) is 0 Å². The zero-order valence-electron chi connectivity index (χ0n) is 16.3. The van der Waals surface area contributed by atoms with Crippen molar-refractivity contribution in [3.8, 4) is 11.5 Å². The molecule has 1 N–H and O–H groups in total. The molecule has 0 spiro atoms. The molecule has 0 amide bonds. The molecular formula is C23H18ClFN2O3S. The Labute approximate surface area is 184 Å². The minimum Gasteiger partial charge on any atom is -0.419 e. The van der Waals surface area contributed by atoms with E-state index in [1.807, 2.05) is 30.3 Å². The third kappa shape index (κ3) is 4.78. The van der Waals surface area contributed by atoms with Crippen LogP contribution in [0, 0.1) is 5.82 Å². The van der Waals surface area contributed by atoms with Gasteiger partial charge in [-0.2, -0.15) is 4.98 Å². The van der Waals surface area contributed by atoms with E-state index in [-0.39, 0.29) is 21.7 Å². The minimum atomic E-state index is -3.98. The van der Waals surface area contributed by atoms with E-state index < -0.39 is 15.7 Å². The van der Waals surface area contributed by atoms with Gasteiger partial charge in [-0.15, -0.1) is 0 Å². The molecule has 5 nitrogen and oxygen atoms in total. The van der Waals surface area contributed by atoms with E-state index >= 15 is 0 Å². The summed E-state index contributed by atoms with van der Waals surface area (Å²) in [5, 5.41) is 3.23. The highest BCUT2D eigenvalue weighted by Crippen LogP contribution is 2.32. The van der Waals surface area contributed by atoms with Crippen molar-refractivity contribution in [3.05, 3.63) is 95.3 Å². The lowest BCUT2D eigenvalue weighted by atomic mass is 10.1. The van der Waals surface area contributed by atoms with E-state index in [4.69, 9.17) is 16.0 Å². The predicted octanol–water partition coefficient (Wildman–Crippen LogP) is 5.62. The number of benzene rings is 3. The van der Waals surface area contributed by atoms with Crippen molar-refractivity contribution in [2.45, 2.75) is 16.3 Å². The van der Waals surface area contributed by atoms with E-state index in [1.165, 1.54) is 48.5 Å². The Morgan fingerprint density at radius 2 is 1.61 bits per heavy atom. The summed E-state index contributed by atoms with van der Waals surface area (Å²) in [5.74, 6) is -0.300. The van der Waals surface area contributed by atoms with Crippen molar-refractivity contribution in [2.24, 2.45) is 0 Å². The fourth-order valence-electron chi connectivity index (χ4n) is 3.01. The predicted molar refractivity (Wildman–Crippen MR) is 117 cm³/mol. The van der Waals surface area contributed by atoms with Crippen LogP contribution in [0.5, 0.6) is 0 Å². The number of rotatable bonds is 7. The molecule has 1 aromatic heterocycles. The van der Waals surface area contributed by atoms with E-state index in [0.717, 1.165) is 5.56 Å². The van der Waals surface area contributed by atoms with Crippen molar-refractivity contribution >= 4 is 27.3 Å². The van der Waals surface area contributed by atoms with Gasteiger partial charge in [-0.05, 0) is 60.5 Å². The number of anilines is 1. The Bertz CT molecular complexity index is 1270. The Hall–Kier alpha value is -3.16. The summed E-state index contributed by atoms with van der Waals surface area (Å²) in [4.78, 5) is 4.28. The third-order valence-electron chi connectivity index (χ3n) is 4.61. The molecule has 0 aliphatic rings. The summed E-state index contributed by atoms with van der Waals surface area (Å²) in [6.45, 7) is 0.436. The maximum Gasteiger partial charge on any atom is 0.233 e. The Morgan fingerprint density at radius 3 is 2.29 bits per heavy atom. The second-order valence-electron chi connectivity index (χ2n) is 6.78. The molecule has 0 aliphatic heterocycles. The number of oxazole rings is 1. The molecule has 0 saturated heterocycles. The second-order valence-corrected chi connectivity index (χ2v) is 9.08. The lowest BCUT2D eigenvalue weighted by Crippen LogP contribution is -2.09. The van der Waals surface area contributed by atoms with Crippen LogP contribution < -0.4 is 5.32 Å². The van der Waals surface area contributed by atoms with Crippen molar-refractivity contribution < 1.29 is 17.2 Å². The van der Waals surface area contributed by atoms with Crippen molar-refractivity contribution in [1.29, 1.82) is 0 Å². The van der Waals surface area contributed by atoms with Crippen LogP contribution in [-0.4, -0.2) is 19.9 Å². The van der Waals surface area contributed by atoms with Crippen LogP contribution in [0.15, 0.2) is 93.2 Å². The lowest BCUT2D eigenvalue weighted by Gasteiger charge is -2.06. The molecule has 0 radical (unpaired) electrons. The maximum absolute atomic E-state index is 13.3. The smallest absolute Gasteiger partial charge is 0.233 e. The summed E-state index contributed by atoms with van der Waals surface area (Å²) < 4.78 is 45.5. The van der Waals surface area contributed by atoms with Crippen LogP contribution in [0.4, 0.5) is 10.3 Å². The van der Waals surface area contributed by atoms with Gasteiger partial charge in [-0.1, -0.05) is 41.9 Å². The van der Waals surface area contributed by atoms with Crippen molar-refractivity contribution in [1.82, 2.24) is 4.98 Å². The van der Waals surface area contributed by atoms with Gasteiger partial charge in [0.2, 0.25) is 26.6 Å². The zero-order valence-corrected chi connectivity index (χ0v) is 17.8. The minimum absolute atomic E-state index is 0.0326. The van der Waals surface area contributed by atoms with Crippen LogP contribution in [0.1, 0.15) is 5.56 Å². The van der Waals surface area contributed by atoms with Gasteiger partial charge >= 0.3 is 0 Å². The average Bonchev–Trinajstić information content (AvgIpc) is 3.20. The first-order chi connectivity index (χ1) is 14.9. The highest BCUT2D eigenvalue weighted by atomic mass is 35.5. The third-order valence-corrected chi connectivity index (χ3v) is 6.54. The van der Waals surface area contributed by atoms with E-state index in [0.29, 0.717) is 23.6 Å².